The average molecular weight is 216 g/mol. The standard InChI is InChI=1S/C10H20N2O3/c1-10(2,7-14-3)12-9(13)8-6-11-4-5-15-8/h8,11H,4-7H2,1-3H3,(H,12,13). The van der Waals surface area contributed by atoms with Gasteiger partial charge in [0.1, 0.15) is 6.10 Å². The molecule has 0 aromatic heterocycles. The smallest absolute Gasteiger partial charge is 0.250 e. The molecule has 0 bridgehead atoms. The van der Waals surface area contributed by atoms with Crippen LogP contribution in [0.5, 0.6) is 0 Å². The van der Waals surface area contributed by atoms with Crippen LogP contribution in [0, 0.1) is 0 Å². The number of carbonyl (C=O) groups excluding carboxylic acids is 1. The van der Waals surface area contributed by atoms with Crippen LogP contribution in [0.15, 0.2) is 0 Å². The number of ether oxygens (including phenoxy) is 2. The summed E-state index contributed by atoms with van der Waals surface area (Å²) in [5.74, 6) is -0.0794. The first-order valence-corrected chi connectivity index (χ1v) is 5.18. The highest BCUT2D eigenvalue weighted by molar-refractivity contribution is 5.81. The molecule has 1 aliphatic rings. The molecule has 1 saturated heterocycles. The van der Waals surface area contributed by atoms with Gasteiger partial charge in [0, 0.05) is 20.2 Å². The zero-order valence-corrected chi connectivity index (χ0v) is 9.63. The molecule has 1 amide bonds. The van der Waals surface area contributed by atoms with E-state index in [1.54, 1.807) is 7.11 Å². The minimum absolute atomic E-state index is 0.0794. The molecule has 15 heavy (non-hydrogen) atoms. The third kappa shape index (κ3) is 4.15. The second-order valence-electron chi connectivity index (χ2n) is 4.37. The number of methoxy groups -OCH3 is 1. The van der Waals surface area contributed by atoms with Crippen molar-refractivity contribution in [3.05, 3.63) is 0 Å². The first-order valence-electron chi connectivity index (χ1n) is 5.18. The summed E-state index contributed by atoms with van der Waals surface area (Å²) in [5.41, 5.74) is -0.355. The maximum Gasteiger partial charge on any atom is 0.250 e. The third-order valence-corrected chi connectivity index (χ3v) is 2.19. The number of carbonyl (C=O) groups is 1. The van der Waals surface area contributed by atoms with Gasteiger partial charge in [-0.25, -0.2) is 0 Å². The van der Waals surface area contributed by atoms with Crippen LogP contribution >= 0.6 is 0 Å². The van der Waals surface area contributed by atoms with E-state index in [-0.39, 0.29) is 17.6 Å². The maximum atomic E-state index is 11.8. The Kier molecular flexibility index (Phi) is 4.50. The monoisotopic (exact) mass is 216 g/mol. The van der Waals surface area contributed by atoms with E-state index in [0.717, 1.165) is 6.54 Å². The Balaban J connectivity index is 2.39. The summed E-state index contributed by atoms with van der Waals surface area (Å²) in [4.78, 5) is 11.8. The number of amides is 1. The molecule has 1 atom stereocenters. The van der Waals surface area contributed by atoms with Crippen LogP contribution in [0.4, 0.5) is 0 Å². The number of morpholine rings is 1. The fourth-order valence-electron chi connectivity index (χ4n) is 1.54. The largest absolute Gasteiger partial charge is 0.382 e. The summed E-state index contributed by atoms with van der Waals surface area (Å²) in [6.45, 7) is 6.30. The summed E-state index contributed by atoms with van der Waals surface area (Å²) in [5, 5.41) is 6.01. The van der Waals surface area contributed by atoms with E-state index >= 15 is 0 Å². The topological polar surface area (TPSA) is 59.6 Å². The second kappa shape index (κ2) is 5.44. The molecule has 1 heterocycles. The fraction of sp³-hybridized carbons (Fsp3) is 0.900. The fourth-order valence-corrected chi connectivity index (χ4v) is 1.54. The van der Waals surface area contributed by atoms with Gasteiger partial charge in [-0.05, 0) is 13.8 Å². The lowest BCUT2D eigenvalue weighted by Crippen LogP contribution is -2.55. The van der Waals surface area contributed by atoms with Gasteiger partial charge in [0.2, 0.25) is 0 Å². The van der Waals surface area contributed by atoms with Crippen molar-refractivity contribution in [3.63, 3.8) is 0 Å². The van der Waals surface area contributed by atoms with Crippen molar-refractivity contribution in [1.82, 2.24) is 10.6 Å². The molecule has 1 unspecified atom stereocenters. The molecule has 0 spiro atoms. The van der Waals surface area contributed by atoms with Crippen molar-refractivity contribution in [2.45, 2.75) is 25.5 Å². The van der Waals surface area contributed by atoms with Crippen LogP contribution in [0.25, 0.3) is 0 Å². The molecular formula is C10H20N2O3. The molecule has 0 aliphatic carbocycles. The molecule has 88 valence electrons. The summed E-state index contributed by atoms with van der Waals surface area (Å²) in [7, 11) is 1.62. The Bertz CT molecular complexity index is 213. The highest BCUT2D eigenvalue weighted by atomic mass is 16.5. The summed E-state index contributed by atoms with van der Waals surface area (Å²) >= 11 is 0. The number of nitrogens with one attached hydrogen (secondary N) is 2. The molecule has 1 fully saturated rings. The van der Waals surface area contributed by atoms with Gasteiger partial charge < -0.3 is 20.1 Å². The third-order valence-electron chi connectivity index (χ3n) is 2.19. The molecule has 0 radical (unpaired) electrons. The summed E-state index contributed by atoms with van der Waals surface area (Å²) in [6.07, 6.45) is -0.380. The van der Waals surface area contributed by atoms with Crippen LogP contribution in [0.3, 0.4) is 0 Å². The van der Waals surface area contributed by atoms with E-state index in [0.29, 0.717) is 19.8 Å². The van der Waals surface area contributed by atoms with Crippen LogP contribution in [-0.4, -0.2) is 51.0 Å². The van der Waals surface area contributed by atoms with Gasteiger partial charge in [0.15, 0.2) is 0 Å². The highest BCUT2D eigenvalue weighted by Crippen LogP contribution is 2.04. The Labute approximate surface area is 90.5 Å². The van der Waals surface area contributed by atoms with Gasteiger partial charge in [-0.1, -0.05) is 0 Å². The molecule has 0 saturated carbocycles. The van der Waals surface area contributed by atoms with Crippen LogP contribution in [0.2, 0.25) is 0 Å². The number of hydrogen-bond acceptors (Lipinski definition) is 4. The predicted octanol–water partition coefficient (Wildman–Crippen LogP) is -0.484. The van der Waals surface area contributed by atoms with E-state index in [1.807, 2.05) is 13.8 Å². The maximum absolute atomic E-state index is 11.8. The zero-order valence-electron chi connectivity index (χ0n) is 9.63. The Morgan fingerprint density at radius 1 is 1.67 bits per heavy atom. The Hall–Kier alpha value is -0.650. The SMILES string of the molecule is COCC(C)(C)NC(=O)C1CNCCO1. The lowest BCUT2D eigenvalue weighted by Gasteiger charge is -2.29. The van der Waals surface area contributed by atoms with Gasteiger partial charge in [-0.15, -0.1) is 0 Å². The van der Waals surface area contributed by atoms with E-state index in [4.69, 9.17) is 9.47 Å². The van der Waals surface area contributed by atoms with E-state index < -0.39 is 0 Å². The second-order valence-corrected chi connectivity index (χ2v) is 4.37. The quantitative estimate of drug-likeness (QED) is 0.666. The van der Waals surface area contributed by atoms with Crippen molar-refractivity contribution >= 4 is 5.91 Å². The van der Waals surface area contributed by atoms with E-state index in [1.165, 1.54) is 0 Å². The molecule has 0 aromatic rings. The van der Waals surface area contributed by atoms with Crippen molar-refractivity contribution in [2.24, 2.45) is 0 Å². The molecule has 1 rings (SSSR count). The summed E-state index contributed by atoms with van der Waals surface area (Å²) in [6, 6.07) is 0. The molecule has 5 heteroatoms. The first kappa shape index (κ1) is 12.4. The average Bonchev–Trinajstić information content (AvgIpc) is 2.18. The first-order chi connectivity index (χ1) is 7.05. The molecule has 1 aliphatic heterocycles. The lowest BCUT2D eigenvalue weighted by molar-refractivity contribution is -0.136. The van der Waals surface area contributed by atoms with Crippen molar-refractivity contribution in [3.8, 4) is 0 Å². The normalized spacial score (nSPS) is 22.5. The minimum Gasteiger partial charge on any atom is -0.382 e. The van der Waals surface area contributed by atoms with E-state index in [2.05, 4.69) is 10.6 Å². The molecule has 0 aromatic carbocycles. The van der Waals surface area contributed by atoms with Gasteiger partial charge in [-0.3, -0.25) is 4.79 Å². The van der Waals surface area contributed by atoms with E-state index in [9.17, 15) is 4.79 Å². The predicted molar refractivity (Wildman–Crippen MR) is 56.7 cm³/mol. The van der Waals surface area contributed by atoms with Gasteiger partial charge in [0.05, 0.1) is 18.8 Å². The van der Waals surface area contributed by atoms with Crippen molar-refractivity contribution in [2.75, 3.05) is 33.4 Å². The molecular weight excluding hydrogens is 196 g/mol. The minimum atomic E-state index is -0.380. The molecule has 5 nitrogen and oxygen atoms in total. The number of rotatable bonds is 4. The van der Waals surface area contributed by atoms with Crippen molar-refractivity contribution in [1.29, 1.82) is 0 Å². The number of hydrogen-bond donors (Lipinski definition) is 2. The lowest BCUT2D eigenvalue weighted by atomic mass is 10.1. The Morgan fingerprint density at radius 2 is 2.40 bits per heavy atom. The van der Waals surface area contributed by atoms with Crippen LogP contribution < -0.4 is 10.6 Å². The zero-order chi connectivity index (χ0) is 11.3. The molecule has 2 N–H and O–H groups in total. The van der Waals surface area contributed by atoms with Gasteiger partial charge in [0.25, 0.3) is 5.91 Å². The summed E-state index contributed by atoms with van der Waals surface area (Å²) < 4.78 is 10.4. The highest BCUT2D eigenvalue weighted by Gasteiger charge is 2.27. The van der Waals surface area contributed by atoms with Crippen molar-refractivity contribution < 1.29 is 14.3 Å². The van der Waals surface area contributed by atoms with Gasteiger partial charge >= 0.3 is 0 Å². The Morgan fingerprint density at radius 3 is 2.93 bits per heavy atom. The van der Waals surface area contributed by atoms with Gasteiger partial charge in [-0.2, -0.15) is 0 Å². The van der Waals surface area contributed by atoms with Crippen LogP contribution in [-0.2, 0) is 14.3 Å². The van der Waals surface area contributed by atoms with Crippen LogP contribution in [0.1, 0.15) is 13.8 Å².